The normalized spacial score (nSPS) is 11.9. The molecule has 0 aliphatic carbocycles. The summed E-state index contributed by atoms with van der Waals surface area (Å²) in [4.78, 5) is 2.77. The van der Waals surface area contributed by atoms with Crippen LogP contribution < -0.4 is 11.5 Å². The Morgan fingerprint density at radius 3 is 2.73 bits per heavy atom. The number of anilines is 1. The molecule has 0 bridgehead atoms. The summed E-state index contributed by atoms with van der Waals surface area (Å²) in [6, 6.07) is 1.54. The highest BCUT2D eigenvalue weighted by molar-refractivity contribution is 5.65. The molecule has 0 spiro atoms. The summed E-state index contributed by atoms with van der Waals surface area (Å²) in [5, 5.41) is 9.06. The number of aromatic amines is 1. The Bertz CT molecular complexity index is 268. The molecule has 0 saturated carbocycles. The summed E-state index contributed by atoms with van der Waals surface area (Å²) >= 11 is 0. The largest absolute Gasteiger partial charge is 0.504 e. The molecule has 6 N–H and O–H groups in total. The quantitative estimate of drug-likeness (QED) is 0.477. The van der Waals surface area contributed by atoms with Crippen molar-refractivity contribution in [1.29, 1.82) is 0 Å². The summed E-state index contributed by atoms with van der Waals surface area (Å²) in [7, 11) is 0. The third-order valence-corrected chi connectivity index (χ3v) is 1.50. The maximum absolute atomic E-state index is 9.06. The Hall–Kier alpha value is -1.58. The molecule has 4 heteroatoms. The predicted molar refractivity (Wildman–Crippen MR) is 44.7 cm³/mol. The van der Waals surface area contributed by atoms with Gasteiger partial charge in [-0.3, -0.25) is 0 Å². The van der Waals surface area contributed by atoms with E-state index >= 15 is 0 Å². The minimum atomic E-state index is 0.0567. The lowest BCUT2D eigenvalue weighted by Gasteiger charge is -1.92. The monoisotopic (exact) mass is 153 g/mol. The Kier molecular flexibility index (Phi) is 1.76. The van der Waals surface area contributed by atoms with Gasteiger partial charge in [0.05, 0.1) is 0 Å². The first-order valence-electron chi connectivity index (χ1n) is 3.21. The van der Waals surface area contributed by atoms with Gasteiger partial charge in [-0.1, -0.05) is 0 Å². The number of allylic oxidation sites excluding steroid dienone is 1. The number of nitrogens with two attached hydrogens (primary N) is 2. The second-order valence-corrected chi connectivity index (χ2v) is 2.33. The molecule has 0 amide bonds. The number of H-pyrrole nitrogens is 1. The van der Waals surface area contributed by atoms with Crippen LogP contribution in [0.15, 0.2) is 12.3 Å². The number of aromatic hydroxyl groups is 1. The van der Waals surface area contributed by atoms with Gasteiger partial charge in [0.1, 0.15) is 5.82 Å². The maximum atomic E-state index is 9.06. The molecule has 0 unspecified atom stereocenters. The molecule has 0 fully saturated rings. The summed E-state index contributed by atoms with van der Waals surface area (Å²) in [5.74, 6) is 0.322. The first-order valence-corrected chi connectivity index (χ1v) is 3.21. The molecule has 11 heavy (non-hydrogen) atoms. The van der Waals surface area contributed by atoms with Gasteiger partial charge in [0.15, 0.2) is 5.75 Å². The summed E-state index contributed by atoms with van der Waals surface area (Å²) in [5.41, 5.74) is 12.2. The second kappa shape index (κ2) is 2.57. The average Bonchev–Trinajstić information content (AvgIpc) is 2.31. The second-order valence-electron chi connectivity index (χ2n) is 2.33. The standard InChI is InChI=1S/C7H11N3O/c1-4(3-8)5-2-6(11)7(9)10-5/h2-3,10-11H,8-9H2,1H3. The van der Waals surface area contributed by atoms with Crippen molar-refractivity contribution in [2.75, 3.05) is 5.73 Å². The third-order valence-electron chi connectivity index (χ3n) is 1.50. The molecule has 0 aliphatic rings. The topological polar surface area (TPSA) is 88.1 Å². The minimum Gasteiger partial charge on any atom is -0.504 e. The smallest absolute Gasteiger partial charge is 0.157 e. The van der Waals surface area contributed by atoms with Crippen LogP contribution in [0.1, 0.15) is 12.6 Å². The Morgan fingerprint density at radius 1 is 1.73 bits per heavy atom. The van der Waals surface area contributed by atoms with E-state index in [1.807, 2.05) is 6.92 Å². The van der Waals surface area contributed by atoms with Gasteiger partial charge in [-0.2, -0.15) is 0 Å². The highest BCUT2D eigenvalue weighted by Gasteiger charge is 2.03. The van der Waals surface area contributed by atoms with E-state index in [1.54, 1.807) is 0 Å². The molecule has 1 heterocycles. The lowest BCUT2D eigenvalue weighted by molar-refractivity contribution is 0.479. The third kappa shape index (κ3) is 1.29. The number of nitrogens with one attached hydrogen (secondary N) is 1. The zero-order chi connectivity index (χ0) is 8.43. The molecule has 0 saturated heterocycles. The highest BCUT2D eigenvalue weighted by Crippen LogP contribution is 2.23. The van der Waals surface area contributed by atoms with E-state index in [4.69, 9.17) is 16.6 Å². The average molecular weight is 153 g/mol. The van der Waals surface area contributed by atoms with Crippen LogP contribution in [0, 0.1) is 0 Å². The van der Waals surface area contributed by atoms with Gasteiger partial charge in [-0.25, -0.2) is 0 Å². The number of hydrogen-bond acceptors (Lipinski definition) is 3. The first-order chi connectivity index (χ1) is 5.15. The number of rotatable bonds is 1. The van der Waals surface area contributed by atoms with E-state index in [-0.39, 0.29) is 11.6 Å². The highest BCUT2D eigenvalue weighted by atomic mass is 16.3. The molecule has 60 valence electrons. The molecule has 0 aliphatic heterocycles. The van der Waals surface area contributed by atoms with Crippen LogP contribution in [0.4, 0.5) is 5.82 Å². The summed E-state index contributed by atoms with van der Waals surface area (Å²) in [6.45, 7) is 1.82. The molecular formula is C7H11N3O. The van der Waals surface area contributed by atoms with Crippen molar-refractivity contribution in [2.24, 2.45) is 5.73 Å². The summed E-state index contributed by atoms with van der Waals surface area (Å²) in [6.07, 6.45) is 1.45. The van der Waals surface area contributed by atoms with Crippen molar-refractivity contribution < 1.29 is 5.11 Å². The van der Waals surface area contributed by atoms with E-state index in [9.17, 15) is 0 Å². The van der Waals surface area contributed by atoms with E-state index < -0.39 is 0 Å². The molecule has 1 rings (SSSR count). The van der Waals surface area contributed by atoms with Crippen LogP contribution >= 0.6 is 0 Å². The van der Waals surface area contributed by atoms with Crippen molar-refractivity contribution in [1.82, 2.24) is 4.98 Å². The minimum absolute atomic E-state index is 0.0567. The number of aromatic nitrogens is 1. The molecule has 4 nitrogen and oxygen atoms in total. The number of nitrogen functional groups attached to an aromatic ring is 1. The zero-order valence-corrected chi connectivity index (χ0v) is 6.26. The Balaban J connectivity index is 3.07. The first kappa shape index (κ1) is 7.53. The van der Waals surface area contributed by atoms with Crippen molar-refractivity contribution >= 4 is 11.4 Å². The fraction of sp³-hybridized carbons (Fsp3) is 0.143. The number of hydrogen-bond donors (Lipinski definition) is 4. The molecule has 0 aromatic carbocycles. The summed E-state index contributed by atoms with van der Waals surface area (Å²) < 4.78 is 0. The van der Waals surface area contributed by atoms with Crippen molar-refractivity contribution in [3.8, 4) is 5.75 Å². The Morgan fingerprint density at radius 2 is 2.36 bits per heavy atom. The van der Waals surface area contributed by atoms with Gasteiger partial charge in [-0.15, -0.1) is 0 Å². The van der Waals surface area contributed by atoms with Gasteiger partial charge >= 0.3 is 0 Å². The van der Waals surface area contributed by atoms with Crippen molar-refractivity contribution in [2.45, 2.75) is 6.92 Å². The Labute approximate surface area is 64.5 Å². The van der Waals surface area contributed by atoms with Crippen molar-refractivity contribution in [3.05, 3.63) is 18.0 Å². The fourth-order valence-corrected chi connectivity index (χ4v) is 0.762. The molecular weight excluding hydrogens is 142 g/mol. The SMILES string of the molecule is CC(=CN)c1cc(O)c(N)[nH]1. The van der Waals surface area contributed by atoms with Crippen LogP contribution in [0.25, 0.3) is 5.57 Å². The predicted octanol–water partition coefficient (Wildman–Crippen LogP) is 0.622. The van der Waals surface area contributed by atoms with E-state index in [0.29, 0.717) is 0 Å². The van der Waals surface area contributed by atoms with E-state index in [1.165, 1.54) is 12.3 Å². The van der Waals surface area contributed by atoms with Crippen LogP contribution in [0.3, 0.4) is 0 Å². The molecule has 0 radical (unpaired) electrons. The molecule has 0 atom stereocenters. The van der Waals surface area contributed by atoms with Crippen LogP contribution in [0.2, 0.25) is 0 Å². The fourth-order valence-electron chi connectivity index (χ4n) is 0.762. The maximum Gasteiger partial charge on any atom is 0.157 e. The van der Waals surface area contributed by atoms with E-state index in [0.717, 1.165) is 11.3 Å². The van der Waals surface area contributed by atoms with E-state index in [2.05, 4.69) is 4.98 Å². The van der Waals surface area contributed by atoms with Crippen LogP contribution in [-0.4, -0.2) is 10.1 Å². The van der Waals surface area contributed by atoms with Gasteiger partial charge in [-0.05, 0) is 18.7 Å². The molecule has 1 aromatic heterocycles. The lowest BCUT2D eigenvalue weighted by Crippen LogP contribution is -1.87. The zero-order valence-electron chi connectivity index (χ0n) is 6.26. The van der Waals surface area contributed by atoms with Gasteiger partial charge in [0, 0.05) is 11.8 Å². The van der Waals surface area contributed by atoms with Gasteiger partial charge in [0.25, 0.3) is 0 Å². The van der Waals surface area contributed by atoms with Gasteiger partial charge in [0.2, 0.25) is 0 Å². The van der Waals surface area contributed by atoms with Crippen LogP contribution in [-0.2, 0) is 0 Å². The van der Waals surface area contributed by atoms with Gasteiger partial charge < -0.3 is 21.6 Å². The molecule has 1 aromatic rings. The lowest BCUT2D eigenvalue weighted by atomic mass is 10.2. The van der Waals surface area contributed by atoms with Crippen LogP contribution in [0.5, 0.6) is 5.75 Å². The van der Waals surface area contributed by atoms with Crippen molar-refractivity contribution in [3.63, 3.8) is 0 Å².